The van der Waals surface area contributed by atoms with E-state index in [4.69, 9.17) is 18.9 Å². The van der Waals surface area contributed by atoms with Crippen LogP contribution in [0.25, 0.3) is 6.08 Å². The fourth-order valence-corrected chi connectivity index (χ4v) is 4.08. The van der Waals surface area contributed by atoms with E-state index in [9.17, 15) is 14.4 Å². The average Bonchev–Trinajstić information content (AvgIpc) is 3.06. The van der Waals surface area contributed by atoms with Gasteiger partial charge in [-0.3, -0.25) is 9.59 Å². The zero-order chi connectivity index (χ0) is 32.0. The zero-order valence-electron chi connectivity index (χ0n) is 25.1. The van der Waals surface area contributed by atoms with Crippen LogP contribution in [0, 0.1) is 0 Å². The number of methoxy groups -OCH3 is 1. The SMILES string of the molecule is CCOc1ccc(C(=O)Nc2cccc(C(=O)NN=Cc3ccc(OC(=O)/C=C/c4ccccc4)c(OC)c3)c2)cc1OCC. The highest BCUT2D eigenvalue weighted by atomic mass is 16.6. The van der Waals surface area contributed by atoms with Crippen LogP contribution in [-0.2, 0) is 4.79 Å². The maximum Gasteiger partial charge on any atom is 0.336 e. The highest BCUT2D eigenvalue weighted by molar-refractivity contribution is 6.05. The molecule has 0 unspecified atom stereocenters. The molecular weight excluding hydrogens is 574 g/mol. The molecule has 10 heteroatoms. The van der Waals surface area contributed by atoms with E-state index in [-0.39, 0.29) is 17.2 Å². The van der Waals surface area contributed by atoms with Crippen molar-refractivity contribution >= 4 is 35.8 Å². The smallest absolute Gasteiger partial charge is 0.336 e. The minimum absolute atomic E-state index is 0.236. The van der Waals surface area contributed by atoms with Crippen LogP contribution in [0.2, 0.25) is 0 Å². The van der Waals surface area contributed by atoms with Crippen LogP contribution in [0.5, 0.6) is 23.0 Å². The van der Waals surface area contributed by atoms with Gasteiger partial charge in [-0.15, -0.1) is 0 Å². The van der Waals surface area contributed by atoms with E-state index in [1.165, 1.54) is 19.4 Å². The highest BCUT2D eigenvalue weighted by Gasteiger charge is 2.13. The number of ether oxygens (including phenoxy) is 4. The summed E-state index contributed by atoms with van der Waals surface area (Å²) in [6.07, 6.45) is 4.41. The average molecular weight is 608 g/mol. The molecule has 230 valence electrons. The van der Waals surface area contributed by atoms with Gasteiger partial charge in [0.1, 0.15) is 0 Å². The third kappa shape index (κ3) is 9.29. The number of rotatable bonds is 13. The molecule has 2 N–H and O–H groups in total. The summed E-state index contributed by atoms with van der Waals surface area (Å²) in [7, 11) is 1.45. The molecule has 0 heterocycles. The molecule has 4 aromatic carbocycles. The number of benzene rings is 4. The number of nitrogens with one attached hydrogen (secondary N) is 2. The Kier molecular flexibility index (Phi) is 11.4. The van der Waals surface area contributed by atoms with Crippen LogP contribution in [0.1, 0.15) is 45.7 Å². The van der Waals surface area contributed by atoms with Crippen molar-refractivity contribution in [3.8, 4) is 23.0 Å². The first kappa shape index (κ1) is 32.0. The fourth-order valence-electron chi connectivity index (χ4n) is 4.08. The van der Waals surface area contributed by atoms with Gasteiger partial charge in [0.2, 0.25) is 0 Å². The molecule has 0 spiro atoms. The summed E-state index contributed by atoms with van der Waals surface area (Å²) in [4.78, 5) is 37.9. The van der Waals surface area contributed by atoms with Crippen molar-refractivity contribution in [2.45, 2.75) is 13.8 Å². The number of nitrogens with zero attached hydrogens (tertiary/aromatic N) is 1. The predicted molar refractivity (Wildman–Crippen MR) is 172 cm³/mol. The maximum absolute atomic E-state index is 12.9. The molecule has 0 aromatic heterocycles. The van der Waals surface area contributed by atoms with Crippen molar-refractivity contribution in [2.24, 2.45) is 5.10 Å². The van der Waals surface area contributed by atoms with E-state index in [0.717, 1.165) is 5.56 Å². The molecule has 0 aliphatic carbocycles. The van der Waals surface area contributed by atoms with Gasteiger partial charge in [0.25, 0.3) is 11.8 Å². The number of hydrazone groups is 1. The van der Waals surface area contributed by atoms with Crippen molar-refractivity contribution in [1.29, 1.82) is 0 Å². The van der Waals surface area contributed by atoms with Gasteiger partial charge in [-0.05, 0) is 85.6 Å². The first-order chi connectivity index (χ1) is 21.9. The second kappa shape index (κ2) is 16.1. The largest absolute Gasteiger partial charge is 0.493 e. The number of esters is 1. The van der Waals surface area contributed by atoms with Crippen molar-refractivity contribution in [2.75, 3.05) is 25.6 Å². The minimum Gasteiger partial charge on any atom is -0.493 e. The van der Waals surface area contributed by atoms with E-state index in [2.05, 4.69) is 15.8 Å². The molecular formula is C35H33N3O7. The summed E-state index contributed by atoms with van der Waals surface area (Å²) in [5.41, 5.74) is 5.02. The normalized spacial score (nSPS) is 10.8. The number of amides is 2. The number of hydrogen-bond donors (Lipinski definition) is 2. The molecule has 0 bridgehead atoms. The third-order valence-corrected chi connectivity index (χ3v) is 6.18. The Morgan fingerprint density at radius 2 is 1.44 bits per heavy atom. The van der Waals surface area contributed by atoms with Crippen molar-refractivity contribution in [3.63, 3.8) is 0 Å². The first-order valence-corrected chi connectivity index (χ1v) is 14.2. The number of carbonyl (C=O) groups is 3. The van der Waals surface area contributed by atoms with Crippen LogP contribution in [0.15, 0.2) is 102 Å². The second-order valence-electron chi connectivity index (χ2n) is 9.34. The summed E-state index contributed by atoms with van der Waals surface area (Å²) < 4.78 is 21.9. The van der Waals surface area contributed by atoms with Crippen molar-refractivity contribution in [1.82, 2.24) is 5.43 Å². The Bertz CT molecular complexity index is 1700. The molecule has 4 rings (SSSR count). The van der Waals surface area contributed by atoms with Crippen LogP contribution in [0.4, 0.5) is 5.69 Å². The third-order valence-electron chi connectivity index (χ3n) is 6.18. The standard InChI is InChI=1S/C35H33N3O7/c1-4-43-29-18-16-27(22-32(29)44-5-2)34(40)37-28-13-9-12-26(21-28)35(41)38-36-23-25-14-17-30(31(20-25)42-3)45-33(39)19-15-24-10-7-6-8-11-24/h6-23H,4-5H2,1-3H3,(H,37,40)(H,38,41)/b19-15+,36-23?. The van der Waals surface area contributed by atoms with E-state index in [1.807, 2.05) is 44.2 Å². The van der Waals surface area contributed by atoms with Gasteiger partial charge in [-0.2, -0.15) is 5.10 Å². The monoisotopic (exact) mass is 607 g/mol. The van der Waals surface area contributed by atoms with Gasteiger partial charge < -0.3 is 24.3 Å². The summed E-state index contributed by atoms with van der Waals surface area (Å²) in [5, 5.41) is 6.82. The number of hydrogen-bond acceptors (Lipinski definition) is 8. The Hall–Kier alpha value is -5.90. The zero-order valence-corrected chi connectivity index (χ0v) is 25.1. The lowest BCUT2D eigenvalue weighted by Crippen LogP contribution is -2.18. The molecule has 45 heavy (non-hydrogen) atoms. The topological polar surface area (TPSA) is 125 Å². The quantitative estimate of drug-likeness (QED) is 0.0616. The number of anilines is 1. The van der Waals surface area contributed by atoms with E-state index < -0.39 is 11.9 Å². The molecule has 0 aliphatic heterocycles. The summed E-state index contributed by atoms with van der Waals surface area (Å²) in [6, 6.07) is 25.6. The Balaban J connectivity index is 1.35. The molecule has 0 radical (unpaired) electrons. The number of carbonyl (C=O) groups excluding carboxylic acids is 3. The maximum atomic E-state index is 12.9. The van der Waals surface area contributed by atoms with Crippen molar-refractivity contribution < 1.29 is 33.3 Å². The van der Waals surface area contributed by atoms with Gasteiger partial charge in [-0.1, -0.05) is 36.4 Å². The minimum atomic E-state index is -0.556. The Morgan fingerprint density at radius 1 is 0.711 bits per heavy atom. The van der Waals surface area contributed by atoms with Gasteiger partial charge in [0.05, 0.1) is 26.5 Å². The van der Waals surface area contributed by atoms with Crippen LogP contribution in [0.3, 0.4) is 0 Å². The van der Waals surface area contributed by atoms with Gasteiger partial charge >= 0.3 is 5.97 Å². The molecule has 0 saturated carbocycles. The summed E-state index contributed by atoms with van der Waals surface area (Å²) in [6.45, 7) is 4.61. The summed E-state index contributed by atoms with van der Waals surface area (Å²) >= 11 is 0. The van der Waals surface area contributed by atoms with E-state index in [1.54, 1.807) is 66.7 Å². The molecule has 2 amide bonds. The first-order valence-electron chi connectivity index (χ1n) is 14.2. The second-order valence-corrected chi connectivity index (χ2v) is 9.34. The van der Waals surface area contributed by atoms with Gasteiger partial charge in [-0.25, -0.2) is 10.2 Å². The van der Waals surface area contributed by atoms with E-state index >= 15 is 0 Å². The molecule has 0 saturated heterocycles. The van der Waals surface area contributed by atoms with Gasteiger partial charge in [0, 0.05) is 22.9 Å². The molecule has 0 aliphatic rings. The molecule has 0 fully saturated rings. The Labute approximate surface area is 261 Å². The Morgan fingerprint density at radius 3 is 2.20 bits per heavy atom. The highest BCUT2D eigenvalue weighted by Crippen LogP contribution is 2.29. The molecule has 4 aromatic rings. The van der Waals surface area contributed by atoms with Crippen LogP contribution in [-0.4, -0.2) is 44.3 Å². The molecule has 0 atom stereocenters. The van der Waals surface area contributed by atoms with Crippen molar-refractivity contribution in [3.05, 3.63) is 119 Å². The predicted octanol–water partition coefficient (Wildman–Crippen LogP) is 6.13. The van der Waals surface area contributed by atoms with Crippen LogP contribution >= 0.6 is 0 Å². The van der Waals surface area contributed by atoms with Crippen LogP contribution < -0.4 is 29.7 Å². The lowest BCUT2D eigenvalue weighted by molar-refractivity contribution is -0.129. The fraction of sp³-hybridized carbons (Fsp3) is 0.143. The lowest BCUT2D eigenvalue weighted by atomic mass is 10.1. The summed E-state index contributed by atoms with van der Waals surface area (Å²) in [5.74, 6) is 0.173. The van der Waals surface area contributed by atoms with E-state index in [0.29, 0.717) is 47.3 Å². The lowest BCUT2D eigenvalue weighted by Gasteiger charge is -2.12. The van der Waals surface area contributed by atoms with Gasteiger partial charge in [0.15, 0.2) is 23.0 Å². The molecule has 10 nitrogen and oxygen atoms in total.